The normalized spacial score (nSPS) is 28.2. The maximum absolute atomic E-state index is 11.4. The van der Waals surface area contributed by atoms with Crippen LogP contribution >= 0.6 is 0 Å². The van der Waals surface area contributed by atoms with Crippen LogP contribution in [0.15, 0.2) is 54.6 Å². The zero-order chi connectivity index (χ0) is 12.5. The highest BCUT2D eigenvalue weighted by Crippen LogP contribution is 2.35. The van der Waals surface area contributed by atoms with Crippen LogP contribution in [-0.2, 0) is 15.5 Å². The topological polar surface area (TPSA) is 54.4 Å². The summed E-state index contributed by atoms with van der Waals surface area (Å²) in [6, 6.07) is 9.31. The summed E-state index contributed by atoms with van der Waals surface area (Å²) >= 11 is 0. The molecule has 0 aliphatic heterocycles. The van der Waals surface area contributed by atoms with E-state index in [4.69, 9.17) is 0 Å². The van der Waals surface area contributed by atoms with E-state index in [1.54, 1.807) is 25.2 Å². The summed E-state index contributed by atoms with van der Waals surface area (Å²) in [5, 5.41) is -0.942. The monoisotopic (exact) mass is 250 g/mol. The molecule has 3 nitrogen and oxygen atoms in total. The van der Waals surface area contributed by atoms with Gasteiger partial charge >= 0.3 is 0 Å². The molecular weight excluding hydrogens is 236 g/mol. The summed E-state index contributed by atoms with van der Waals surface area (Å²) in [6.07, 6.45) is 6.76. The number of hydrogen-bond donors (Lipinski definition) is 1. The van der Waals surface area contributed by atoms with E-state index < -0.39 is 20.8 Å². The molecule has 1 aliphatic rings. The largest absolute Gasteiger partial charge is 0.285 e. The summed E-state index contributed by atoms with van der Waals surface area (Å²) in [5.74, 6) is 0. The maximum atomic E-state index is 11.4. The lowest BCUT2D eigenvalue weighted by Gasteiger charge is -2.33. The third-order valence-corrected chi connectivity index (χ3v) is 4.44. The molecule has 0 heterocycles. The van der Waals surface area contributed by atoms with Crippen molar-refractivity contribution in [2.24, 2.45) is 0 Å². The fourth-order valence-electron chi connectivity index (χ4n) is 2.18. The Hall–Kier alpha value is -1.39. The van der Waals surface area contributed by atoms with E-state index in [-0.39, 0.29) is 0 Å². The second kappa shape index (κ2) is 4.13. The first kappa shape index (κ1) is 12.1. The molecule has 1 aromatic carbocycles. The average Bonchev–Trinajstić information content (AvgIpc) is 2.29. The molecule has 0 fully saturated rings. The standard InChI is InChI=1S/C13H14O3S/c1-13(11-7-3-2-4-8-11)10-6-5-9-12(13)17(14,15)16/h2-10,12H,1H3,(H,14,15,16). The van der Waals surface area contributed by atoms with Gasteiger partial charge in [-0.2, -0.15) is 8.42 Å². The van der Waals surface area contributed by atoms with Crippen LogP contribution in [0, 0.1) is 0 Å². The van der Waals surface area contributed by atoms with Crippen molar-refractivity contribution in [3.8, 4) is 0 Å². The zero-order valence-corrected chi connectivity index (χ0v) is 10.3. The minimum atomic E-state index is -4.12. The van der Waals surface area contributed by atoms with Gasteiger partial charge in [0.2, 0.25) is 0 Å². The predicted molar refractivity (Wildman–Crippen MR) is 67.4 cm³/mol. The molecule has 2 rings (SSSR count). The van der Waals surface area contributed by atoms with Gasteiger partial charge in [0.1, 0.15) is 5.25 Å². The Bertz CT molecular complexity index is 558. The van der Waals surface area contributed by atoms with Crippen molar-refractivity contribution < 1.29 is 13.0 Å². The van der Waals surface area contributed by atoms with Crippen LogP contribution < -0.4 is 0 Å². The van der Waals surface area contributed by atoms with Crippen LogP contribution in [0.5, 0.6) is 0 Å². The molecule has 4 heteroatoms. The molecule has 0 saturated carbocycles. The molecule has 1 N–H and O–H groups in total. The lowest BCUT2D eigenvalue weighted by Crippen LogP contribution is -2.40. The van der Waals surface area contributed by atoms with Gasteiger partial charge in [0.15, 0.2) is 0 Å². The Labute approximate surface area is 101 Å². The molecule has 2 atom stereocenters. The van der Waals surface area contributed by atoms with Crippen LogP contribution in [0.1, 0.15) is 12.5 Å². The quantitative estimate of drug-likeness (QED) is 0.820. The highest BCUT2D eigenvalue weighted by atomic mass is 32.2. The van der Waals surface area contributed by atoms with E-state index in [0.717, 1.165) is 5.56 Å². The zero-order valence-electron chi connectivity index (χ0n) is 9.45. The van der Waals surface area contributed by atoms with Gasteiger partial charge in [0, 0.05) is 5.41 Å². The number of benzene rings is 1. The van der Waals surface area contributed by atoms with Crippen molar-refractivity contribution in [3.05, 3.63) is 60.2 Å². The Kier molecular flexibility index (Phi) is 2.93. The van der Waals surface area contributed by atoms with E-state index in [9.17, 15) is 13.0 Å². The third kappa shape index (κ3) is 2.18. The highest BCUT2D eigenvalue weighted by molar-refractivity contribution is 7.86. The van der Waals surface area contributed by atoms with E-state index >= 15 is 0 Å². The summed E-state index contributed by atoms with van der Waals surface area (Å²) in [7, 11) is -4.12. The molecule has 1 aliphatic carbocycles. The predicted octanol–water partition coefficient (Wildman–Crippen LogP) is 2.33. The second-order valence-electron chi connectivity index (χ2n) is 4.33. The first-order chi connectivity index (χ1) is 7.94. The van der Waals surface area contributed by atoms with Crippen molar-refractivity contribution in [3.63, 3.8) is 0 Å². The van der Waals surface area contributed by atoms with Gasteiger partial charge in [-0.1, -0.05) is 61.6 Å². The van der Waals surface area contributed by atoms with Crippen molar-refractivity contribution in [2.45, 2.75) is 17.6 Å². The van der Waals surface area contributed by atoms with Gasteiger partial charge in [-0.05, 0) is 5.56 Å². The molecule has 1 aromatic rings. The molecule has 0 saturated heterocycles. The SMILES string of the molecule is CC1(c2ccccc2)C=CC=CC1S(=O)(=O)O. The lowest BCUT2D eigenvalue weighted by molar-refractivity contribution is 0.450. The van der Waals surface area contributed by atoms with Crippen LogP contribution in [-0.4, -0.2) is 18.2 Å². The van der Waals surface area contributed by atoms with Crippen LogP contribution in [0.3, 0.4) is 0 Å². The molecule has 90 valence electrons. The van der Waals surface area contributed by atoms with E-state index in [2.05, 4.69) is 0 Å². The second-order valence-corrected chi connectivity index (χ2v) is 5.87. The van der Waals surface area contributed by atoms with E-state index in [1.165, 1.54) is 6.08 Å². The van der Waals surface area contributed by atoms with Crippen molar-refractivity contribution >= 4 is 10.1 Å². The van der Waals surface area contributed by atoms with Crippen molar-refractivity contribution in [1.29, 1.82) is 0 Å². The van der Waals surface area contributed by atoms with E-state index in [1.807, 2.05) is 30.3 Å². The van der Waals surface area contributed by atoms with Crippen LogP contribution in [0.25, 0.3) is 0 Å². The van der Waals surface area contributed by atoms with Gasteiger partial charge in [0.05, 0.1) is 0 Å². The number of hydrogen-bond acceptors (Lipinski definition) is 2. The van der Waals surface area contributed by atoms with Crippen molar-refractivity contribution in [2.75, 3.05) is 0 Å². The minimum Gasteiger partial charge on any atom is -0.285 e. The lowest BCUT2D eigenvalue weighted by atomic mass is 9.77. The number of allylic oxidation sites excluding steroid dienone is 3. The Balaban J connectivity index is 2.55. The summed E-state index contributed by atoms with van der Waals surface area (Å²) in [5.41, 5.74) is 0.132. The Morgan fingerprint density at radius 2 is 1.82 bits per heavy atom. The highest BCUT2D eigenvalue weighted by Gasteiger charge is 2.40. The van der Waals surface area contributed by atoms with Gasteiger partial charge in [-0.25, -0.2) is 0 Å². The maximum Gasteiger partial charge on any atom is 0.272 e. The van der Waals surface area contributed by atoms with Crippen LogP contribution in [0.4, 0.5) is 0 Å². The molecule has 2 unspecified atom stereocenters. The fourth-order valence-corrected chi connectivity index (χ4v) is 3.30. The molecule has 0 spiro atoms. The molecule has 0 bridgehead atoms. The Morgan fingerprint density at radius 1 is 1.18 bits per heavy atom. The number of rotatable bonds is 2. The third-order valence-electron chi connectivity index (χ3n) is 3.15. The first-order valence-corrected chi connectivity index (χ1v) is 6.83. The van der Waals surface area contributed by atoms with Gasteiger partial charge in [-0.3, -0.25) is 4.55 Å². The molecule has 0 radical (unpaired) electrons. The Morgan fingerprint density at radius 3 is 2.41 bits per heavy atom. The minimum absolute atomic E-state index is 0.733. The first-order valence-electron chi connectivity index (χ1n) is 5.32. The molecule has 0 amide bonds. The van der Waals surface area contributed by atoms with Gasteiger partial charge in [0.25, 0.3) is 10.1 Å². The molecular formula is C13H14O3S. The summed E-state index contributed by atoms with van der Waals surface area (Å²) < 4.78 is 32.2. The van der Waals surface area contributed by atoms with Gasteiger partial charge < -0.3 is 0 Å². The van der Waals surface area contributed by atoms with Crippen LogP contribution in [0.2, 0.25) is 0 Å². The summed E-state index contributed by atoms with van der Waals surface area (Å²) in [4.78, 5) is 0. The molecule has 17 heavy (non-hydrogen) atoms. The summed E-state index contributed by atoms with van der Waals surface area (Å²) in [6.45, 7) is 1.81. The van der Waals surface area contributed by atoms with Gasteiger partial charge in [-0.15, -0.1) is 0 Å². The fraction of sp³-hybridized carbons (Fsp3) is 0.231. The van der Waals surface area contributed by atoms with Crippen molar-refractivity contribution in [1.82, 2.24) is 0 Å². The average molecular weight is 250 g/mol. The molecule has 0 aromatic heterocycles. The smallest absolute Gasteiger partial charge is 0.272 e. The van der Waals surface area contributed by atoms with E-state index in [0.29, 0.717) is 0 Å².